The van der Waals surface area contributed by atoms with E-state index in [-0.39, 0.29) is 28.8 Å². The molecule has 0 unspecified atom stereocenters. The zero-order valence-electron chi connectivity index (χ0n) is 19.8. The molecule has 35 heavy (non-hydrogen) atoms. The molecule has 192 valence electrons. The molecule has 0 N–H and O–H groups in total. The number of hydrogen-bond donors (Lipinski definition) is 0. The van der Waals surface area contributed by atoms with E-state index in [1.54, 1.807) is 0 Å². The van der Waals surface area contributed by atoms with E-state index in [2.05, 4.69) is 4.98 Å². The molecule has 6 nitrogen and oxygen atoms in total. The van der Waals surface area contributed by atoms with Crippen molar-refractivity contribution >= 4 is 25.5 Å². The number of sulfone groups is 2. The lowest BCUT2D eigenvalue weighted by atomic mass is 9.67. The molecule has 11 heteroatoms. The number of alkyl halides is 3. The molecule has 0 atom stereocenters. The Hall–Kier alpha value is -2.27. The van der Waals surface area contributed by atoms with Gasteiger partial charge >= 0.3 is 6.18 Å². The number of rotatable bonds is 8. The van der Waals surface area contributed by atoms with Crippen molar-refractivity contribution in [2.24, 2.45) is 11.8 Å². The van der Waals surface area contributed by atoms with Gasteiger partial charge in [0.05, 0.1) is 25.4 Å². The number of carbonyl (C=O) groups excluding carboxylic acids is 1. The molecule has 1 aromatic carbocycles. The van der Waals surface area contributed by atoms with Crippen LogP contribution in [0.5, 0.6) is 0 Å². The summed E-state index contributed by atoms with van der Waals surface area (Å²) in [6, 6.07) is 6.50. The molecule has 1 aliphatic carbocycles. The summed E-state index contributed by atoms with van der Waals surface area (Å²) >= 11 is 0. The summed E-state index contributed by atoms with van der Waals surface area (Å²) in [4.78, 5) is 16.4. The first-order valence-electron chi connectivity index (χ1n) is 11.1. The number of pyridine rings is 1. The maximum atomic E-state index is 13.2. The monoisotopic (exact) mass is 531 g/mol. The fourth-order valence-corrected chi connectivity index (χ4v) is 7.27. The topological polar surface area (TPSA) is 98.2 Å². The Balaban J connectivity index is 1.75. The third-order valence-corrected chi connectivity index (χ3v) is 11.6. The number of aromatic nitrogens is 1. The normalized spacial score (nSPS) is 19.4. The Bertz CT molecular complexity index is 1330. The molecule has 1 saturated carbocycles. The van der Waals surface area contributed by atoms with Gasteiger partial charge in [-0.3, -0.25) is 9.78 Å². The lowest BCUT2D eigenvalue weighted by molar-refractivity contribution is -0.137. The summed E-state index contributed by atoms with van der Waals surface area (Å²) in [5.41, 5.74) is -1.16. The minimum absolute atomic E-state index is 0.00775. The quantitative estimate of drug-likeness (QED) is 0.438. The van der Waals surface area contributed by atoms with Crippen LogP contribution in [0.2, 0.25) is 0 Å². The first-order valence-corrected chi connectivity index (χ1v) is 14.2. The molecular formula is C24H28F3NO5S2. The number of Topliss-reactive ketones (excluding diaryl/α,β-unsaturated/α-hetero) is 1. The van der Waals surface area contributed by atoms with Crippen molar-refractivity contribution in [1.29, 1.82) is 0 Å². The second-order valence-corrected chi connectivity index (χ2v) is 14.7. The van der Waals surface area contributed by atoms with Crippen LogP contribution >= 0.6 is 0 Å². The highest BCUT2D eigenvalue weighted by molar-refractivity contribution is 7.93. The predicted molar refractivity (Wildman–Crippen MR) is 124 cm³/mol. The van der Waals surface area contributed by atoms with Crippen molar-refractivity contribution < 1.29 is 34.8 Å². The van der Waals surface area contributed by atoms with Gasteiger partial charge in [-0.05, 0) is 82.7 Å². The third-order valence-electron chi connectivity index (χ3n) is 6.82. The molecule has 0 aliphatic heterocycles. The van der Waals surface area contributed by atoms with Gasteiger partial charge in [0.1, 0.15) is 5.69 Å². The van der Waals surface area contributed by atoms with Crippen molar-refractivity contribution in [2.45, 2.75) is 72.9 Å². The van der Waals surface area contributed by atoms with Crippen LogP contribution in [0.3, 0.4) is 0 Å². The van der Waals surface area contributed by atoms with E-state index >= 15 is 0 Å². The second-order valence-electron chi connectivity index (χ2n) is 9.74. The molecule has 1 heterocycles. The Kier molecular flexibility index (Phi) is 7.27. The van der Waals surface area contributed by atoms with Crippen molar-refractivity contribution in [1.82, 2.24) is 4.98 Å². The van der Waals surface area contributed by atoms with E-state index in [0.29, 0.717) is 18.9 Å². The van der Waals surface area contributed by atoms with Gasteiger partial charge in [-0.15, -0.1) is 0 Å². The number of nitrogens with zero attached hydrogens (tertiary/aromatic N) is 1. The van der Waals surface area contributed by atoms with Gasteiger partial charge in [0.2, 0.25) is 0 Å². The number of benzene rings is 1. The van der Waals surface area contributed by atoms with Gasteiger partial charge < -0.3 is 0 Å². The zero-order valence-corrected chi connectivity index (χ0v) is 21.5. The lowest BCUT2D eigenvalue weighted by Crippen LogP contribution is -2.46. The molecule has 0 bridgehead atoms. The molecular weight excluding hydrogens is 503 g/mol. The van der Waals surface area contributed by atoms with Crippen LogP contribution in [0, 0.1) is 11.8 Å². The molecule has 0 spiro atoms. The second kappa shape index (κ2) is 9.31. The molecule has 2 aromatic rings. The van der Waals surface area contributed by atoms with Crippen molar-refractivity contribution in [2.75, 3.05) is 0 Å². The van der Waals surface area contributed by atoms with E-state index in [1.807, 2.05) is 0 Å². The average molecular weight is 532 g/mol. The molecule has 0 amide bonds. The zero-order chi connectivity index (χ0) is 26.4. The minimum Gasteiger partial charge on any atom is -0.292 e. The van der Waals surface area contributed by atoms with Crippen molar-refractivity contribution in [3.05, 3.63) is 53.9 Å². The Morgan fingerprint density at radius 2 is 1.69 bits per heavy atom. The molecule has 0 radical (unpaired) electrons. The highest BCUT2D eigenvalue weighted by atomic mass is 32.2. The van der Waals surface area contributed by atoms with Crippen LogP contribution in [-0.4, -0.2) is 37.6 Å². The number of hydrogen-bond acceptors (Lipinski definition) is 6. The fourth-order valence-electron chi connectivity index (χ4n) is 4.28. The summed E-state index contributed by atoms with van der Waals surface area (Å²) < 4.78 is 89.6. The van der Waals surface area contributed by atoms with E-state index in [4.69, 9.17) is 0 Å². The minimum atomic E-state index is -4.66. The summed E-state index contributed by atoms with van der Waals surface area (Å²) in [5.74, 6) is -0.991. The van der Waals surface area contributed by atoms with Crippen molar-refractivity contribution in [3.63, 3.8) is 0 Å². The number of halogens is 3. The van der Waals surface area contributed by atoms with Gasteiger partial charge in [0.15, 0.2) is 25.5 Å². The first kappa shape index (κ1) is 27.3. The number of carbonyl (C=O) groups is 1. The molecule has 1 aromatic heterocycles. The van der Waals surface area contributed by atoms with Gasteiger partial charge in [-0.1, -0.05) is 6.07 Å². The lowest BCUT2D eigenvalue weighted by Gasteiger charge is -2.44. The Morgan fingerprint density at radius 3 is 2.26 bits per heavy atom. The van der Waals surface area contributed by atoms with Gasteiger partial charge in [-0.2, -0.15) is 13.2 Å². The predicted octanol–water partition coefficient (Wildman–Crippen LogP) is 5.13. The van der Waals surface area contributed by atoms with Gasteiger partial charge in [0, 0.05) is 12.6 Å². The molecule has 1 aliphatic rings. The summed E-state index contributed by atoms with van der Waals surface area (Å²) in [6.07, 6.45) is -2.56. The van der Waals surface area contributed by atoms with Crippen LogP contribution in [0.4, 0.5) is 13.2 Å². The maximum absolute atomic E-state index is 13.2. The van der Waals surface area contributed by atoms with Crippen LogP contribution in [-0.2, 0) is 25.9 Å². The highest BCUT2D eigenvalue weighted by Gasteiger charge is 2.49. The molecule has 0 saturated heterocycles. The SMILES string of the molecule is CC(C)S(=O)(=O)c1cccnc1C(=O)CC1CC(C(C)(C)S(=O)(=O)c2cccc(C(F)(F)F)c2)C1. The first-order chi connectivity index (χ1) is 16.0. The van der Waals surface area contributed by atoms with E-state index in [1.165, 1.54) is 46.0 Å². The Labute approximate surface area is 203 Å². The number of ketones is 1. The molecule has 1 fully saturated rings. The molecule has 3 rings (SSSR count). The summed E-state index contributed by atoms with van der Waals surface area (Å²) in [6.45, 7) is 5.99. The Morgan fingerprint density at radius 1 is 1.06 bits per heavy atom. The fraction of sp³-hybridized carbons (Fsp3) is 0.500. The van der Waals surface area contributed by atoms with Crippen LogP contribution in [0.1, 0.15) is 63.0 Å². The van der Waals surface area contributed by atoms with Crippen LogP contribution < -0.4 is 0 Å². The highest BCUT2D eigenvalue weighted by Crippen LogP contribution is 2.48. The maximum Gasteiger partial charge on any atom is 0.416 e. The smallest absolute Gasteiger partial charge is 0.292 e. The largest absolute Gasteiger partial charge is 0.416 e. The van der Waals surface area contributed by atoms with E-state index in [0.717, 1.165) is 18.2 Å². The standard InChI is InChI=1S/C24H28F3NO5S2/c1-15(2)34(30,31)21-9-6-10-28-22(21)20(29)13-16-11-18(12-16)23(3,4)35(32,33)19-8-5-7-17(14-19)24(25,26)27/h5-10,14-16,18H,11-13H2,1-4H3. The summed E-state index contributed by atoms with van der Waals surface area (Å²) in [5, 5.41) is -0.729. The third kappa shape index (κ3) is 5.16. The van der Waals surface area contributed by atoms with Gasteiger partial charge in [-0.25, -0.2) is 16.8 Å². The van der Waals surface area contributed by atoms with E-state index in [9.17, 15) is 34.8 Å². The average Bonchev–Trinajstić information content (AvgIpc) is 2.74. The van der Waals surface area contributed by atoms with E-state index < -0.39 is 52.1 Å². The van der Waals surface area contributed by atoms with Gasteiger partial charge in [0.25, 0.3) is 0 Å². The summed E-state index contributed by atoms with van der Waals surface area (Å²) in [7, 11) is -7.82. The van der Waals surface area contributed by atoms with Crippen molar-refractivity contribution in [3.8, 4) is 0 Å². The van der Waals surface area contributed by atoms with Crippen LogP contribution in [0.15, 0.2) is 52.4 Å². The van der Waals surface area contributed by atoms with Crippen LogP contribution in [0.25, 0.3) is 0 Å².